The average Bonchev–Trinajstić information content (AvgIpc) is 2.58. The highest BCUT2D eigenvalue weighted by atomic mass is 35.5. The van der Waals surface area contributed by atoms with E-state index in [-0.39, 0.29) is 0 Å². The number of hydrogen-bond donors (Lipinski definition) is 1. The number of ether oxygens (including phenoxy) is 1. The normalized spacial score (nSPS) is 15.6. The van der Waals surface area contributed by atoms with Crippen LogP contribution in [-0.4, -0.2) is 44.2 Å². The second kappa shape index (κ2) is 7.57. The molecular formula is C18H22ClN3O. The molecule has 0 radical (unpaired) electrons. The van der Waals surface area contributed by atoms with Crippen LogP contribution in [0.4, 0.5) is 11.4 Å². The third-order valence-corrected chi connectivity index (χ3v) is 4.37. The van der Waals surface area contributed by atoms with E-state index >= 15 is 0 Å². The maximum Gasteiger partial charge on any atom is 0.119 e. The van der Waals surface area contributed by atoms with Gasteiger partial charge in [-0.1, -0.05) is 11.6 Å². The Labute approximate surface area is 142 Å². The maximum absolute atomic E-state index is 5.86. The fourth-order valence-corrected chi connectivity index (χ4v) is 2.86. The first-order valence-corrected chi connectivity index (χ1v) is 8.30. The highest BCUT2D eigenvalue weighted by molar-refractivity contribution is 6.30. The number of piperazine rings is 1. The summed E-state index contributed by atoms with van der Waals surface area (Å²) >= 11 is 5.86. The van der Waals surface area contributed by atoms with E-state index in [0.29, 0.717) is 6.61 Å². The van der Waals surface area contributed by atoms with Gasteiger partial charge in [0.05, 0.1) is 0 Å². The van der Waals surface area contributed by atoms with Crippen LogP contribution >= 0.6 is 11.6 Å². The van der Waals surface area contributed by atoms with Gasteiger partial charge in [0.2, 0.25) is 0 Å². The molecule has 23 heavy (non-hydrogen) atoms. The molecule has 4 nitrogen and oxygen atoms in total. The minimum atomic E-state index is 0.698. The zero-order valence-electron chi connectivity index (χ0n) is 13.1. The number of nitrogen functional groups attached to an aromatic ring is 1. The molecule has 0 unspecified atom stereocenters. The van der Waals surface area contributed by atoms with E-state index in [1.165, 1.54) is 5.69 Å². The second-order valence-corrected chi connectivity index (χ2v) is 6.16. The van der Waals surface area contributed by atoms with Crippen molar-refractivity contribution in [2.24, 2.45) is 0 Å². The van der Waals surface area contributed by atoms with Crippen molar-refractivity contribution in [3.05, 3.63) is 53.6 Å². The molecule has 0 amide bonds. The van der Waals surface area contributed by atoms with Crippen molar-refractivity contribution in [2.75, 3.05) is 50.0 Å². The van der Waals surface area contributed by atoms with Crippen LogP contribution in [0.5, 0.6) is 5.75 Å². The molecule has 0 spiro atoms. The Morgan fingerprint density at radius 1 is 0.913 bits per heavy atom. The van der Waals surface area contributed by atoms with E-state index in [2.05, 4.69) is 21.9 Å². The first kappa shape index (κ1) is 16.0. The zero-order chi connectivity index (χ0) is 16.1. The molecule has 1 heterocycles. The molecule has 0 bridgehead atoms. The van der Waals surface area contributed by atoms with Gasteiger partial charge in [-0.2, -0.15) is 0 Å². The standard InChI is InChI=1S/C18H22ClN3O/c19-15-1-7-18(8-2-15)23-14-13-21-9-11-22(12-10-21)17-5-3-16(20)4-6-17/h1-8H,9-14,20H2. The second-order valence-electron chi connectivity index (χ2n) is 5.72. The molecule has 2 aromatic carbocycles. The van der Waals surface area contributed by atoms with Gasteiger partial charge in [0.25, 0.3) is 0 Å². The summed E-state index contributed by atoms with van der Waals surface area (Å²) in [6, 6.07) is 15.6. The van der Waals surface area contributed by atoms with Gasteiger partial charge in [-0.3, -0.25) is 4.90 Å². The van der Waals surface area contributed by atoms with E-state index in [1.807, 2.05) is 36.4 Å². The molecule has 0 aromatic heterocycles. The van der Waals surface area contributed by atoms with Crippen molar-refractivity contribution < 1.29 is 4.74 Å². The Balaban J connectivity index is 1.40. The van der Waals surface area contributed by atoms with Crippen molar-refractivity contribution in [1.29, 1.82) is 0 Å². The van der Waals surface area contributed by atoms with Gasteiger partial charge in [0.1, 0.15) is 12.4 Å². The Morgan fingerprint density at radius 2 is 1.57 bits per heavy atom. The summed E-state index contributed by atoms with van der Waals surface area (Å²) in [5, 5.41) is 0.733. The number of halogens is 1. The third kappa shape index (κ3) is 4.53. The number of hydrogen-bond acceptors (Lipinski definition) is 4. The number of rotatable bonds is 5. The molecule has 0 atom stereocenters. The Hall–Kier alpha value is -1.91. The minimum Gasteiger partial charge on any atom is -0.492 e. The quantitative estimate of drug-likeness (QED) is 0.855. The van der Waals surface area contributed by atoms with Crippen LogP contribution in [0, 0.1) is 0 Å². The molecule has 2 aromatic rings. The van der Waals surface area contributed by atoms with Crippen LogP contribution in [0.2, 0.25) is 5.02 Å². The van der Waals surface area contributed by atoms with E-state index in [4.69, 9.17) is 22.1 Å². The first-order chi connectivity index (χ1) is 11.2. The molecule has 0 aliphatic carbocycles. The van der Waals surface area contributed by atoms with Gasteiger partial charge in [0.15, 0.2) is 0 Å². The Kier molecular flexibility index (Phi) is 5.26. The highest BCUT2D eigenvalue weighted by Crippen LogP contribution is 2.18. The molecule has 1 aliphatic heterocycles. The van der Waals surface area contributed by atoms with Gasteiger partial charge in [-0.05, 0) is 48.5 Å². The van der Waals surface area contributed by atoms with Crippen molar-refractivity contribution in [3.8, 4) is 5.75 Å². The molecule has 1 aliphatic rings. The van der Waals surface area contributed by atoms with Gasteiger partial charge < -0.3 is 15.4 Å². The molecule has 0 saturated carbocycles. The average molecular weight is 332 g/mol. The van der Waals surface area contributed by atoms with Crippen LogP contribution < -0.4 is 15.4 Å². The maximum atomic E-state index is 5.86. The van der Waals surface area contributed by atoms with E-state index in [9.17, 15) is 0 Å². The summed E-state index contributed by atoms with van der Waals surface area (Å²) in [6.07, 6.45) is 0. The molecule has 2 N–H and O–H groups in total. The molecule has 5 heteroatoms. The van der Waals surface area contributed by atoms with Crippen molar-refractivity contribution >= 4 is 23.0 Å². The number of anilines is 2. The lowest BCUT2D eigenvalue weighted by Gasteiger charge is -2.36. The lowest BCUT2D eigenvalue weighted by atomic mass is 10.2. The number of nitrogens with two attached hydrogens (primary N) is 1. The predicted octanol–water partition coefficient (Wildman–Crippen LogP) is 3.12. The van der Waals surface area contributed by atoms with Gasteiger partial charge in [-0.15, -0.1) is 0 Å². The summed E-state index contributed by atoms with van der Waals surface area (Å²) in [5.41, 5.74) is 7.80. The molecular weight excluding hydrogens is 310 g/mol. The number of benzene rings is 2. The zero-order valence-corrected chi connectivity index (χ0v) is 13.9. The molecule has 1 saturated heterocycles. The first-order valence-electron chi connectivity index (χ1n) is 7.92. The highest BCUT2D eigenvalue weighted by Gasteiger charge is 2.16. The molecule has 122 valence electrons. The summed E-state index contributed by atoms with van der Waals surface area (Å²) in [6.45, 7) is 5.81. The van der Waals surface area contributed by atoms with E-state index < -0.39 is 0 Å². The fraction of sp³-hybridized carbons (Fsp3) is 0.333. The SMILES string of the molecule is Nc1ccc(N2CCN(CCOc3ccc(Cl)cc3)CC2)cc1. The lowest BCUT2D eigenvalue weighted by Crippen LogP contribution is -2.47. The minimum absolute atomic E-state index is 0.698. The molecule has 3 rings (SSSR count). The predicted molar refractivity (Wildman–Crippen MR) is 96.5 cm³/mol. The van der Waals surface area contributed by atoms with E-state index in [1.54, 1.807) is 0 Å². The van der Waals surface area contributed by atoms with Crippen molar-refractivity contribution in [3.63, 3.8) is 0 Å². The van der Waals surface area contributed by atoms with Crippen LogP contribution in [0.15, 0.2) is 48.5 Å². The summed E-state index contributed by atoms with van der Waals surface area (Å²) in [7, 11) is 0. The van der Waals surface area contributed by atoms with Gasteiger partial charge in [0, 0.05) is 49.1 Å². The van der Waals surface area contributed by atoms with Gasteiger partial charge in [-0.25, -0.2) is 0 Å². The third-order valence-electron chi connectivity index (χ3n) is 4.12. The number of nitrogens with zero attached hydrogens (tertiary/aromatic N) is 2. The van der Waals surface area contributed by atoms with Crippen LogP contribution in [0.25, 0.3) is 0 Å². The fourth-order valence-electron chi connectivity index (χ4n) is 2.74. The van der Waals surface area contributed by atoms with Gasteiger partial charge >= 0.3 is 0 Å². The molecule has 1 fully saturated rings. The van der Waals surface area contributed by atoms with Crippen molar-refractivity contribution in [2.45, 2.75) is 0 Å². The Bertz CT molecular complexity index is 604. The topological polar surface area (TPSA) is 41.7 Å². The van der Waals surface area contributed by atoms with Crippen molar-refractivity contribution in [1.82, 2.24) is 4.90 Å². The van der Waals surface area contributed by atoms with Crippen LogP contribution in [0.3, 0.4) is 0 Å². The van der Waals surface area contributed by atoms with Crippen LogP contribution in [-0.2, 0) is 0 Å². The largest absolute Gasteiger partial charge is 0.492 e. The summed E-state index contributed by atoms with van der Waals surface area (Å²) in [4.78, 5) is 4.83. The smallest absolute Gasteiger partial charge is 0.119 e. The summed E-state index contributed by atoms with van der Waals surface area (Å²) < 4.78 is 5.76. The summed E-state index contributed by atoms with van der Waals surface area (Å²) in [5.74, 6) is 0.870. The van der Waals surface area contributed by atoms with E-state index in [0.717, 1.165) is 49.2 Å². The lowest BCUT2D eigenvalue weighted by molar-refractivity contribution is 0.200. The van der Waals surface area contributed by atoms with Crippen LogP contribution in [0.1, 0.15) is 0 Å². The monoisotopic (exact) mass is 331 g/mol. The Morgan fingerprint density at radius 3 is 2.22 bits per heavy atom.